The lowest BCUT2D eigenvalue weighted by molar-refractivity contribution is 0.204. The Morgan fingerprint density at radius 3 is 2.76 bits per heavy atom. The number of benzene rings is 2. The summed E-state index contributed by atoms with van der Waals surface area (Å²) in [5.74, 6) is 0.598. The van der Waals surface area contributed by atoms with Crippen LogP contribution in [-0.2, 0) is 11.3 Å². The first kappa shape index (κ1) is 18.5. The van der Waals surface area contributed by atoms with Crippen molar-refractivity contribution in [3.63, 3.8) is 0 Å². The molecule has 0 aliphatic heterocycles. The third-order valence-electron chi connectivity index (χ3n) is 3.41. The highest BCUT2D eigenvalue weighted by atomic mass is 19.1. The van der Waals surface area contributed by atoms with Gasteiger partial charge in [0.15, 0.2) is 5.96 Å². The zero-order valence-electron chi connectivity index (χ0n) is 14.3. The summed E-state index contributed by atoms with van der Waals surface area (Å²) in [6.45, 7) is 1.33. The van der Waals surface area contributed by atoms with Crippen LogP contribution in [0.3, 0.4) is 0 Å². The van der Waals surface area contributed by atoms with Crippen LogP contribution in [-0.4, -0.2) is 38.4 Å². The van der Waals surface area contributed by atoms with Crippen molar-refractivity contribution in [3.05, 3.63) is 53.8 Å². The number of phenols is 1. The van der Waals surface area contributed by atoms with Gasteiger partial charge in [-0.1, -0.05) is 18.2 Å². The van der Waals surface area contributed by atoms with Crippen LogP contribution >= 0.6 is 0 Å². The molecule has 25 heavy (non-hydrogen) atoms. The summed E-state index contributed by atoms with van der Waals surface area (Å²) in [5.41, 5.74) is 1.13. The normalized spacial score (nSPS) is 11.2. The minimum absolute atomic E-state index is 0.0695. The van der Waals surface area contributed by atoms with Gasteiger partial charge in [0.25, 0.3) is 0 Å². The van der Waals surface area contributed by atoms with E-state index in [-0.39, 0.29) is 11.4 Å². The van der Waals surface area contributed by atoms with E-state index in [0.29, 0.717) is 25.7 Å². The number of phenolic OH excluding ortho intramolecular Hbond substituents is 1. The Morgan fingerprint density at radius 1 is 1.20 bits per heavy atom. The van der Waals surface area contributed by atoms with E-state index >= 15 is 0 Å². The van der Waals surface area contributed by atoms with Gasteiger partial charge in [-0.15, -0.1) is 0 Å². The maximum absolute atomic E-state index is 13.4. The van der Waals surface area contributed by atoms with Gasteiger partial charge in [0.05, 0.1) is 25.9 Å². The van der Waals surface area contributed by atoms with Gasteiger partial charge in [-0.2, -0.15) is 0 Å². The van der Waals surface area contributed by atoms with Crippen LogP contribution in [0.4, 0.5) is 10.1 Å². The average molecular weight is 347 g/mol. The number of halogens is 1. The number of methoxy groups -OCH3 is 2. The molecule has 2 rings (SSSR count). The van der Waals surface area contributed by atoms with Gasteiger partial charge < -0.3 is 25.2 Å². The quantitative estimate of drug-likeness (QED) is 0.311. The smallest absolute Gasteiger partial charge is 0.196 e. The number of aromatic hydroxyl groups is 1. The Bertz CT molecular complexity index is 722. The van der Waals surface area contributed by atoms with E-state index in [1.807, 2.05) is 24.3 Å². The fraction of sp³-hybridized carbons (Fsp3) is 0.278. The molecule has 2 aromatic carbocycles. The van der Waals surface area contributed by atoms with E-state index in [1.165, 1.54) is 18.2 Å². The molecule has 0 saturated heterocycles. The summed E-state index contributed by atoms with van der Waals surface area (Å²) in [7, 11) is 3.20. The number of aliphatic imine (C=N–C) groups is 1. The largest absolute Gasteiger partial charge is 0.506 e. The highest BCUT2D eigenvalue weighted by Crippen LogP contribution is 2.23. The summed E-state index contributed by atoms with van der Waals surface area (Å²) in [6, 6.07) is 11.2. The fourth-order valence-corrected chi connectivity index (χ4v) is 2.14. The van der Waals surface area contributed by atoms with Gasteiger partial charge in [0.2, 0.25) is 0 Å². The standard InChI is InChI=1S/C18H22FN3O3/c1-24-10-9-20-18(22-15-11-14(19)7-8-16(15)23)21-12-13-5-3-4-6-17(13)25-2/h3-8,11,23H,9-10,12H2,1-2H3,(H2,20,21,22). The molecule has 2 aromatic rings. The van der Waals surface area contributed by atoms with Crippen molar-refractivity contribution in [2.24, 2.45) is 4.99 Å². The van der Waals surface area contributed by atoms with Crippen LogP contribution in [0.2, 0.25) is 0 Å². The van der Waals surface area contributed by atoms with Crippen LogP contribution in [0.15, 0.2) is 47.5 Å². The summed E-state index contributed by atoms with van der Waals surface area (Å²) in [6.07, 6.45) is 0. The van der Waals surface area contributed by atoms with Crippen LogP contribution in [0.5, 0.6) is 11.5 Å². The molecule has 7 heteroatoms. The second-order valence-corrected chi connectivity index (χ2v) is 5.18. The van der Waals surface area contributed by atoms with Crippen molar-refractivity contribution in [1.82, 2.24) is 5.32 Å². The molecule has 134 valence electrons. The predicted molar refractivity (Wildman–Crippen MR) is 95.7 cm³/mol. The molecule has 0 radical (unpaired) electrons. The molecule has 0 bridgehead atoms. The Labute approximate surface area is 146 Å². The highest BCUT2D eigenvalue weighted by Gasteiger charge is 2.07. The van der Waals surface area contributed by atoms with Gasteiger partial charge >= 0.3 is 0 Å². The number of hydrogen-bond acceptors (Lipinski definition) is 4. The summed E-state index contributed by atoms with van der Waals surface area (Å²) >= 11 is 0. The second kappa shape index (κ2) is 9.48. The molecule has 0 fully saturated rings. The lowest BCUT2D eigenvalue weighted by Gasteiger charge is -2.14. The number of rotatable bonds is 7. The first-order valence-electron chi connectivity index (χ1n) is 7.78. The molecule has 0 aromatic heterocycles. The second-order valence-electron chi connectivity index (χ2n) is 5.18. The monoisotopic (exact) mass is 347 g/mol. The number of para-hydroxylation sites is 1. The van der Waals surface area contributed by atoms with E-state index in [9.17, 15) is 9.50 Å². The molecular formula is C18H22FN3O3. The number of anilines is 1. The lowest BCUT2D eigenvalue weighted by atomic mass is 10.2. The first-order valence-corrected chi connectivity index (χ1v) is 7.78. The highest BCUT2D eigenvalue weighted by molar-refractivity contribution is 5.94. The van der Waals surface area contributed by atoms with Crippen molar-refractivity contribution < 1.29 is 19.0 Å². The van der Waals surface area contributed by atoms with Crippen LogP contribution in [0.25, 0.3) is 0 Å². The SMILES string of the molecule is COCCNC(=NCc1ccccc1OC)Nc1cc(F)ccc1O. The Hall–Kier alpha value is -2.80. The molecule has 0 aliphatic rings. The zero-order chi connectivity index (χ0) is 18.1. The van der Waals surface area contributed by atoms with E-state index in [0.717, 1.165) is 11.3 Å². The van der Waals surface area contributed by atoms with Gasteiger partial charge in [-0.25, -0.2) is 9.38 Å². The van der Waals surface area contributed by atoms with Gasteiger partial charge in [-0.05, 0) is 18.2 Å². The van der Waals surface area contributed by atoms with Gasteiger partial charge in [0.1, 0.15) is 17.3 Å². The van der Waals surface area contributed by atoms with Crippen molar-refractivity contribution in [3.8, 4) is 11.5 Å². The predicted octanol–water partition coefficient (Wildman–Crippen LogP) is 2.74. The number of hydrogen-bond donors (Lipinski definition) is 3. The summed E-state index contributed by atoms with van der Waals surface area (Å²) in [4.78, 5) is 4.47. The third kappa shape index (κ3) is 5.65. The van der Waals surface area contributed by atoms with Crippen LogP contribution < -0.4 is 15.4 Å². The first-order chi connectivity index (χ1) is 12.1. The topological polar surface area (TPSA) is 75.1 Å². The Morgan fingerprint density at radius 2 is 2.00 bits per heavy atom. The molecule has 0 spiro atoms. The number of nitrogens with zero attached hydrogens (tertiary/aromatic N) is 1. The average Bonchev–Trinajstić information content (AvgIpc) is 2.63. The van der Waals surface area contributed by atoms with E-state index in [4.69, 9.17) is 9.47 Å². The lowest BCUT2D eigenvalue weighted by Crippen LogP contribution is -2.33. The Balaban J connectivity index is 2.17. The van der Waals surface area contributed by atoms with Crippen molar-refractivity contribution >= 4 is 11.6 Å². The molecular weight excluding hydrogens is 325 g/mol. The van der Waals surface area contributed by atoms with E-state index in [1.54, 1.807) is 14.2 Å². The van der Waals surface area contributed by atoms with Gasteiger partial charge in [0, 0.05) is 25.3 Å². The fourth-order valence-electron chi connectivity index (χ4n) is 2.14. The number of nitrogens with one attached hydrogen (secondary N) is 2. The molecule has 0 heterocycles. The van der Waals surface area contributed by atoms with Gasteiger partial charge in [-0.3, -0.25) is 0 Å². The van der Waals surface area contributed by atoms with Crippen molar-refractivity contribution in [2.45, 2.75) is 6.54 Å². The minimum Gasteiger partial charge on any atom is -0.506 e. The maximum Gasteiger partial charge on any atom is 0.196 e. The van der Waals surface area contributed by atoms with Crippen molar-refractivity contribution in [2.75, 3.05) is 32.7 Å². The maximum atomic E-state index is 13.4. The Kier molecular flexibility index (Phi) is 7.03. The third-order valence-corrected chi connectivity index (χ3v) is 3.41. The summed E-state index contributed by atoms with van der Waals surface area (Å²) < 4.78 is 23.7. The molecule has 0 aliphatic carbocycles. The number of guanidine groups is 1. The summed E-state index contributed by atoms with van der Waals surface area (Å²) in [5, 5.41) is 15.8. The molecule has 0 atom stereocenters. The zero-order valence-corrected chi connectivity index (χ0v) is 14.3. The minimum atomic E-state index is -0.457. The van der Waals surface area contributed by atoms with Crippen LogP contribution in [0, 0.1) is 5.82 Å². The molecule has 0 saturated carbocycles. The van der Waals surface area contributed by atoms with E-state index in [2.05, 4.69) is 15.6 Å². The van der Waals surface area contributed by atoms with E-state index < -0.39 is 5.82 Å². The van der Waals surface area contributed by atoms with Crippen LogP contribution in [0.1, 0.15) is 5.56 Å². The molecule has 0 unspecified atom stereocenters. The number of ether oxygens (including phenoxy) is 2. The molecule has 6 nitrogen and oxygen atoms in total. The molecule has 0 amide bonds. The molecule has 3 N–H and O–H groups in total. The van der Waals surface area contributed by atoms with Crippen molar-refractivity contribution in [1.29, 1.82) is 0 Å².